The van der Waals surface area contributed by atoms with Gasteiger partial charge >= 0.3 is 6.03 Å². The number of imide groups is 2. The first-order valence-electron chi connectivity index (χ1n) is 6.10. The fraction of sp³-hybridized carbons (Fsp3) is 0.700. The van der Waals surface area contributed by atoms with E-state index < -0.39 is 36.6 Å². The van der Waals surface area contributed by atoms with Crippen LogP contribution in [0, 0.1) is 5.41 Å². The van der Waals surface area contributed by atoms with Crippen molar-refractivity contribution in [2.75, 3.05) is 12.3 Å². The smallest absolute Gasteiger partial charge is 0.273 e. The molecule has 0 radical (unpaired) electrons. The van der Waals surface area contributed by atoms with Gasteiger partial charge in [0.15, 0.2) is 0 Å². The van der Waals surface area contributed by atoms with Crippen molar-refractivity contribution in [2.24, 2.45) is 5.41 Å². The molecule has 5 nitrogen and oxygen atoms in total. The van der Waals surface area contributed by atoms with Crippen molar-refractivity contribution in [3.05, 3.63) is 0 Å². The predicted molar refractivity (Wildman–Crippen MR) is 89.3 cm³/mol. The van der Waals surface area contributed by atoms with E-state index in [1.54, 1.807) is 13.1 Å². The summed E-state index contributed by atoms with van der Waals surface area (Å²) in [5, 5.41) is 0. The minimum absolute atomic E-state index is 0.0934. The highest BCUT2D eigenvalue weighted by atomic mass is 35.7. The molecule has 21 heavy (non-hydrogen) atoms. The van der Waals surface area contributed by atoms with Crippen molar-refractivity contribution in [3.8, 4) is 0 Å². The first-order valence-corrected chi connectivity index (χ1v) is 15.6. The topological polar surface area (TPSA) is 57.7 Å². The van der Waals surface area contributed by atoms with Gasteiger partial charge in [-0.05, 0) is 26.9 Å². The van der Waals surface area contributed by atoms with Crippen LogP contribution in [0.25, 0.3) is 0 Å². The van der Waals surface area contributed by atoms with Crippen LogP contribution in [0.15, 0.2) is 0 Å². The Kier molecular flexibility index (Phi) is 5.51. The summed E-state index contributed by atoms with van der Waals surface area (Å²) in [6.07, 6.45) is -0.187. The Morgan fingerprint density at radius 1 is 0.857 bits per heavy atom. The maximum absolute atomic E-state index is 12.4. The Bertz CT molecular complexity index is 448. The average Bonchev–Trinajstić information content (AvgIpc) is 2.26. The highest BCUT2D eigenvalue weighted by molar-refractivity contribution is 7.45. The van der Waals surface area contributed by atoms with Crippen LogP contribution in [0.3, 0.4) is 0 Å². The number of rotatable bonds is 4. The first kappa shape index (κ1) is 19.3. The van der Waals surface area contributed by atoms with E-state index >= 15 is 0 Å². The van der Waals surface area contributed by atoms with E-state index in [4.69, 9.17) is 44.3 Å². The Morgan fingerprint density at radius 3 is 1.38 bits per heavy atom. The highest BCUT2D eigenvalue weighted by Crippen LogP contribution is 2.32. The van der Waals surface area contributed by atoms with Gasteiger partial charge in [0.25, 0.3) is 13.4 Å². The van der Waals surface area contributed by atoms with Crippen LogP contribution in [-0.2, 0) is 9.59 Å². The number of halogens is 4. The summed E-state index contributed by atoms with van der Waals surface area (Å²) in [5.74, 6) is -1.22. The van der Waals surface area contributed by atoms with Crippen LogP contribution in [0.4, 0.5) is 4.79 Å². The molecule has 1 rings (SSSR count). The van der Waals surface area contributed by atoms with Gasteiger partial charge in [0, 0.05) is 0 Å². The summed E-state index contributed by atoms with van der Waals surface area (Å²) in [6.45, 7) is 0.552. The molecular weight excluding hydrogens is 394 g/mol. The van der Waals surface area contributed by atoms with E-state index in [-0.39, 0.29) is 12.3 Å². The maximum atomic E-state index is 12.4. The zero-order chi connectivity index (χ0) is 16.8. The lowest BCUT2D eigenvalue weighted by atomic mass is 9.88. The van der Waals surface area contributed by atoms with Gasteiger partial charge in [-0.3, -0.25) is 19.4 Å². The third-order valence-corrected chi connectivity index (χ3v) is 6.07. The van der Waals surface area contributed by atoms with Gasteiger partial charge < -0.3 is 0 Å². The average molecular weight is 410 g/mol. The second kappa shape index (κ2) is 6.01. The Balaban J connectivity index is 3.20. The lowest BCUT2D eigenvalue weighted by Gasteiger charge is -2.42. The molecule has 0 spiro atoms. The quantitative estimate of drug-likeness (QED) is 0.407. The number of carbonyl (C=O) groups is 3. The second-order valence-corrected chi connectivity index (χ2v) is 21.9. The summed E-state index contributed by atoms with van der Waals surface area (Å²) in [5.41, 5.74) is -1.38. The molecule has 0 saturated carbocycles. The number of urea groups is 1. The molecule has 0 aromatic carbocycles. The molecule has 1 aliphatic heterocycles. The third-order valence-electron chi connectivity index (χ3n) is 2.89. The number of nitrogens with zero attached hydrogens (tertiary/aromatic N) is 2. The molecule has 0 N–H and O–H groups in total. The molecule has 11 heteroatoms. The van der Waals surface area contributed by atoms with E-state index in [1.165, 1.54) is 13.8 Å². The first-order chi connectivity index (χ1) is 9.17. The highest BCUT2D eigenvalue weighted by Gasteiger charge is 2.53. The number of barbiturate groups is 1. The van der Waals surface area contributed by atoms with Crippen LogP contribution >= 0.6 is 44.3 Å². The molecule has 120 valence electrons. The van der Waals surface area contributed by atoms with Gasteiger partial charge in [0.05, 0.1) is 12.3 Å². The van der Waals surface area contributed by atoms with Crippen molar-refractivity contribution in [2.45, 2.75) is 26.9 Å². The minimum Gasteiger partial charge on any atom is -0.273 e. The van der Waals surface area contributed by atoms with Crippen LogP contribution in [0.5, 0.6) is 0 Å². The molecular formula is C10H16Cl4N2O3Si2. The van der Waals surface area contributed by atoms with Crippen molar-refractivity contribution < 1.29 is 14.4 Å². The number of amides is 4. The Morgan fingerprint density at radius 2 is 1.14 bits per heavy atom. The monoisotopic (exact) mass is 408 g/mol. The predicted octanol–water partition coefficient (Wildman–Crippen LogP) is 2.98. The van der Waals surface area contributed by atoms with Gasteiger partial charge in [-0.2, -0.15) is 0 Å². The zero-order valence-electron chi connectivity index (χ0n) is 12.0. The standard InChI is InChI=1S/C10H16Cl4N2O3Si2/c1-10(2)7(17)15(5-20(3,11)12)9(19)16(8(10)18)6-21(4,13)14/h5-6H2,1-4H3. The molecule has 0 atom stereocenters. The molecule has 0 aliphatic carbocycles. The SMILES string of the molecule is CC1(C)C(=O)N(C[Si](C)(Cl)Cl)C(=O)N(C[Si](C)(Cl)Cl)C1=O. The Labute approximate surface area is 144 Å². The number of hydrogen-bond acceptors (Lipinski definition) is 3. The molecule has 0 unspecified atom stereocenters. The molecule has 1 fully saturated rings. The largest absolute Gasteiger partial charge is 0.333 e. The second-order valence-electron chi connectivity index (χ2n) is 5.83. The molecule has 1 aliphatic rings. The van der Waals surface area contributed by atoms with Crippen LogP contribution in [-0.4, -0.2) is 53.4 Å². The fourth-order valence-corrected chi connectivity index (χ4v) is 5.02. The normalized spacial score (nSPS) is 20.3. The third kappa shape index (κ3) is 4.59. The molecule has 4 amide bonds. The van der Waals surface area contributed by atoms with Gasteiger partial charge in [-0.25, -0.2) is 4.79 Å². The van der Waals surface area contributed by atoms with Crippen molar-refractivity contribution in [1.29, 1.82) is 0 Å². The molecule has 1 saturated heterocycles. The van der Waals surface area contributed by atoms with Gasteiger partial charge in [-0.1, -0.05) is 0 Å². The van der Waals surface area contributed by atoms with Gasteiger partial charge in [0.2, 0.25) is 11.8 Å². The lowest BCUT2D eigenvalue weighted by Crippen LogP contribution is -2.66. The summed E-state index contributed by atoms with van der Waals surface area (Å²) < 4.78 is 0. The zero-order valence-corrected chi connectivity index (χ0v) is 17.1. The van der Waals surface area contributed by atoms with E-state index in [0.717, 1.165) is 9.80 Å². The van der Waals surface area contributed by atoms with E-state index in [1.807, 2.05) is 0 Å². The molecule has 0 bridgehead atoms. The van der Waals surface area contributed by atoms with Crippen molar-refractivity contribution >= 4 is 75.5 Å². The van der Waals surface area contributed by atoms with Gasteiger partial charge in [0.1, 0.15) is 5.41 Å². The fourth-order valence-electron chi connectivity index (χ4n) is 1.92. The van der Waals surface area contributed by atoms with E-state index in [9.17, 15) is 14.4 Å². The summed E-state index contributed by atoms with van der Waals surface area (Å²) >= 11 is 24.1. The summed E-state index contributed by atoms with van der Waals surface area (Å²) in [7, 11) is 0. The molecule has 0 aromatic heterocycles. The summed E-state index contributed by atoms with van der Waals surface area (Å²) in [4.78, 5) is 39.0. The van der Waals surface area contributed by atoms with Crippen LogP contribution in [0.1, 0.15) is 13.8 Å². The summed E-state index contributed by atoms with van der Waals surface area (Å²) in [6, 6.07) is -0.760. The van der Waals surface area contributed by atoms with Crippen molar-refractivity contribution in [3.63, 3.8) is 0 Å². The van der Waals surface area contributed by atoms with E-state index in [2.05, 4.69) is 0 Å². The maximum Gasteiger partial charge on any atom is 0.333 e. The van der Waals surface area contributed by atoms with Gasteiger partial charge in [-0.15, -0.1) is 44.3 Å². The van der Waals surface area contributed by atoms with E-state index in [0.29, 0.717) is 0 Å². The number of carbonyl (C=O) groups excluding carboxylic acids is 3. The molecule has 0 aromatic rings. The van der Waals surface area contributed by atoms with Crippen molar-refractivity contribution in [1.82, 2.24) is 9.80 Å². The number of hydrogen-bond donors (Lipinski definition) is 0. The lowest BCUT2D eigenvalue weighted by molar-refractivity contribution is -0.155. The van der Waals surface area contributed by atoms with Crippen LogP contribution in [0.2, 0.25) is 13.1 Å². The Hall–Kier alpha value is 0.204. The van der Waals surface area contributed by atoms with Crippen LogP contribution < -0.4 is 0 Å². The molecule has 1 heterocycles. The minimum atomic E-state index is -2.76.